The molecule has 0 aliphatic carbocycles. The summed E-state index contributed by atoms with van der Waals surface area (Å²) in [6.45, 7) is 0.328. The van der Waals surface area contributed by atoms with Gasteiger partial charge in [-0.2, -0.15) is 5.23 Å². The molecule has 2 aromatic carbocycles. The molecule has 0 spiro atoms. The molecule has 130 valence electrons. The fraction of sp³-hybridized carbons (Fsp3) is 0.176. The number of carbonyl (C=O) groups excluding carboxylic acids is 2. The minimum atomic E-state index is -0.959. The van der Waals surface area contributed by atoms with Crippen LogP contribution in [0.25, 0.3) is 0 Å². The average molecular weight is 360 g/mol. The maximum absolute atomic E-state index is 11.6. The van der Waals surface area contributed by atoms with E-state index in [1.807, 2.05) is 12.1 Å². The molecule has 1 fully saturated rings. The van der Waals surface area contributed by atoms with Crippen LogP contribution >= 0.6 is 11.8 Å². The SMILES string of the molecule is O=C1NC(=O)C(Cc2ccc(OCc3ccc([NH+]([O-])O)cc3)cc2)S1. The summed E-state index contributed by atoms with van der Waals surface area (Å²) in [5.74, 6) is 0.422. The normalized spacial score (nSPS) is 18.1. The van der Waals surface area contributed by atoms with E-state index in [1.165, 1.54) is 12.1 Å². The molecule has 1 heterocycles. The van der Waals surface area contributed by atoms with E-state index in [2.05, 4.69) is 5.32 Å². The van der Waals surface area contributed by atoms with Crippen LogP contribution in [-0.2, 0) is 17.8 Å². The lowest BCUT2D eigenvalue weighted by Crippen LogP contribution is -2.99. The third-order valence-electron chi connectivity index (χ3n) is 3.72. The van der Waals surface area contributed by atoms with Gasteiger partial charge >= 0.3 is 0 Å². The molecule has 2 aromatic rings. The Labute approximate surface area is 148 Å². The predicted octanol–water partition coefficient (Wildman–Crippen LogP) is 1.56. The molecule has 0 radical (unpaired) electrons. The maximum Gasteiger partial charge on any atom is 0.286 e. The fourth-order valence-corrected chi connectivity index (χ4v) is 3.23. The quantitative estimate of drug-likeness (QED) is 0.676. The molecule has 3 rings (SSSR count). The van der Waals surface area contributed by atoms with Crippen molar-refractivity contribution in [2.24, 2.45) is 0 Å². The van der Waals surface area contributed by atoms with E-state index in [0.717, 1.165) is 22.9 Å². The Morgan fingerprint density at radius 2 is 1.72 bits per heavy atom. The second kappa shape index (κ2) is 7.66. The highest BCUT2D eigenvalue weighted by Crippen LogP contribution is 2.24. The van der Waals surface area contributed by atoms with Crippen molar-refractivity contribution in [3.8, 4) is 5.75 Å². The van der Waals surface area contributed by atoms with Crippen molar-refractivity contribution < 1.29 is 24.8 Å². The van der Waals surface area contributed by atoms with Crippen molar-refractivity contribution in [1.82, 2.24) is 5.32 Å². The summed E-state index contributed by atoms with van der Waals surface area (Å²) in [6, 6.07) is 13.8. The highest BCUT2D eigenvalue weighted by Gasteiger charge is 2.31. The number of nitrogens with one attached hydrogen (secondary N) is 2. The number of hydrogen-bond donors (Lipinski definition) is 3. The van der Waals surface area contributed by atoms with E-state index in [0.29, 0.717) is 18.8 Å². The molecule has 3 N–H and O–H groups in total. The maximum atomic E-state index is 11.6. The molecular weight excluding hydrogens is 344 g/mol. The number of rotatable bonds is 6. The van der Waals surface area contributed by atoms with Crippen LogP contribution in [0.5, 0.6) is 5.75 Å². The first-order valence-corrected chi connectivity index (χ1v) is 8.45. The van der Waals surface area contributed by atoms with Gasteiger partial charge in [-0.25, -0.2) is 5.21 Å². The van der Waals surface area contributed by atoms with Gasteiger partial charge in [0.25, 0.3) is 5.24 Å². The van der Waals surface area contributed by atoms with Gasteiger partial charge in [-0.3, -0.25) is 14.9 Å². The second-order valence-corrected chi connectivity index (χ2v) is 6.70. The zero-order valence-corrected chi connectivity index (χ0v) is 13.9. The first-order valence-electron chi connectivity index (χ1n) is 7.57. The summed E-state index contributed by atoms with van der Waals surface area (Å²) < 4.78 is 5.67. The molecule has 25 heavy (non-hydrogen) atoms. The number of imide groups is 1. The van der Waals surface area contributed by atoms with Gasteiger partial charge in [0.1, 0.15) is 12.4 Å². The van der Waals surface area contributed by atoms with Crippen LogP contribution < -0.4 is 15.3 Å². The Hall–Kier alpha value is -2.39. The van der Waals surface area contributed by atoms with Crippen LogP contribution in [0.4, 0.5) is 10.5 Å². The molecular formula is C17H16N2O5S. The zero-order chi connectivity index (χ0) is 17.8. The number of amides is 2. The van der Waals surface area contributed by atoms with E-state index >= 15 is 0 Å². The van der Waals surface area contributed by atoms with Crippen LogP contribution in [0, 0.1) is 5.21 Å². The van der Waals surface area contributed by atoms with Gasteiger partial charge in [-0.15, -0.1) is 0 Å². The van der Waals surface area contributed by atoms with Crippen molar-refractivity contribution in [1.29, 1.82) is 0 Å². The van der Waals surface area contributed by atoms with Crippen molar-refractivity contribution in [3.05, 3.63) is 64.9 Å². The van der Waals surface area contributed by atoms with E-state index in [1.54, 1.807) is 24.3 Å². The highest BCUT2D eigenvalue weighted by atomic mass is 32.2. The number of quaternary nitrogens is 1. The van der Waals surface area contributed by atoms with Gasteiger partial charge in [0.05, 0.1) is 5.25 Å². The number of hydrogen-bond acceptors (Lipinski definition) is 6. The number of benzene rings is 2. The minimum Gasteiger partial charge on any atom is -0.595 e. The zero-order valence-electron chi connectivity index (χ0n) is 13.1. The molecule has 0 bridgehead atoms. The predicted molar refractivity (Wildman–Crippen MR) is 91.6 cm³/mol. The molecule has 1 aliphatic heterocycles. The Balaban J connectivity index is 1.54. The van der Waals surface area contributed by atoms with Crippen LogP contribution in [0.15, 0.2) is 48.5 Å². The summed E-state index contributed by atoms with van der Waals surface area (Å²) in [5.41, 5.74) is 2.05. The van der Waals surface area contributed by atoms with Crippen molar-refractivity contribution in [2.75, 3.05) is 0 Å². The molecule has 0 aromatic heterocycles. The van der Waals surface area contributed by atoms with Crippen molar-refractivity contribution in [3.63, 3.8) is 0 Å². The van der Waals surface area contributed by atoms with Gasteiger partial charge in [-0.1, -0.05) is 23.9 Å². The second-order valence-electron chi connectivity index (χ2n) is 5.52. The number of thioether (sulfide) groups is 1. The van der Waals surface area contributed by atoms with Gasteiger partial charge in [0, 0.05) is 12.1 Å². The third kappa shape index (κ3) is 4.58. The summed E-state index contributed by atoms with van der Waals surface area (Å²) >= 11 is 1.01. The minimum absolute atomic E-state index is 0.236. The molecule has 2 atom stereocenters. The first-order chi connectivity index (χ1) is 12.0. The first kappa shape index (κ1) is 17.4. The lowest BCUT2D eigenvalue weighted by atomic mass is 10.1. The molecule has 7 nitrogen and oxygen atoms in total. The lowest BCUT2D eigenvalue weighted by Gasteiger charge is -2.12. The Morgan fingerprint density at radius 1 is 1.08 bits per heavy atom. The molecule has 1 aliphatic rings. The Kier molecular flexibility index (Phi) is 5.34. The molecule has 2 unspecified atom stereocenters. The standard InChI is InChI=1S/C17H16N2O5S/c20-16-15(25-17(21)18-16)9-11-3-7-14(8-4-11)24-10-12-1-5-13(6-2-12)19(22)23/h1-8,15,19,22H,9-10H2,(H,18,20,21). The van der Waals surface area contributed by atoms with Crippen molar-refractivity contribution in [2.45, 2.75) is 18.3 Å². The number of ether oxygens (including phenoxy) is 1. The summed E-state index contributed by atoms with van der Waals surface area (Å²) in [6.07, 6.45) is 0.485. The van der Waals surface area contributed by atoms with E-state index in [4.69, 9.17) is 9.94 Å². The lowest BCUT2D eigenvalue weighted by molar-refractivity contribution is -0.991. The van der Waals surface area contributed by atoms with Crippen LogP contribution in [0.1, 0.15) is 11.1 Å². The molecule has 8 heteroatoms. The van der Waals surface area contributed by atoms with E-state index in [9.17, 15) is 14.8 Å². The largest absolute Gasteiger partial charge is 0.595 e. The van der Waals surface area contributed by atoms with E-state index in [-0.39, 0.29) is 22.1 Å². The average Bonchev–Trinajstić information content (AvgIpc) is 2.92. The van der Waals surface area contributed by atoms with Gasteiger partial charge in [0.2, 0.25) is 5.91 Å². The topological polar surface area (TPSA) is 103 Å². The van der Waals surface area contributed by atoms with Gasteiger partial charge in [-0.05, 0) is 41.8 Å². The monoisotopic (exact) mass is 360 g/mol. The summed E-state index contributed by atoms with van der Waals surface area (Å²) in [7, 11) is 0. The van der Waals surface area contributed by atoms with E-state index < -0.39 is 5.23 Å². The van der Waals surface area contributed by atoms with Gasteiger partial charge in [0.15, 0.2) is 5.69 Å². The van der Waals surface area contributed by atoms with Crippen molar-refractivity contribution >= 4 is 28.6 Å². The molecule has 0 saturated carbocycles. The van der Waals surface area contributed by atoms with Gasteiger partial charge < -0.3 is 9.94 Å². The highest BCUT2D eigenvalue weighted by molar-refractivity contribution is 8.15. The van der Waals surface area contributed by atoms with Crippen LogP contribution in [-0.4, -0.2) is 21.6 Å². The fourth-order valence-electron chi connectivity index (χ4n) is 2.37. The molecule has 1 saturated heterocycles. The summed E-state index contributed by atoms with van der Waals surface area (Å²) in [4.78, 5) is 22.7. The summed E-state index contributed by atoms with van der Waals surface area (Å²) in [5, 5.41) is 20.3. The van der Waals surface area contributed by atoms with Crippen LogP contribution in [0.2, 0.25) is 0 Å². The Morgan fingerprint density at radius 3 is 2.28 bits per heavy atom. The van der Waals surface area contributed by atoms with Crippen LogP contribution in [0.3, 0.4) is 0 Å². The Bertz CT molecular complexity index is 762. The third-order valence-corrected chi connectivity index (χ3v) is 4.70. The molecule has 2 amide bonds. The smallest absolute Gasteiger partial charge is 0.286 e. The number of carbonyl (C=O) groups is 2.